The number of amides is 2. The van der Waals surface area contributed by atoms with Crippen LogP contribution in [0.15, 0.2) is 24.3 Å². The maximum absolute atomic E-state index is 12.3. The summed E-state index contributed by atoms with van der Waals surface area (Å²) < 4.78 is 5.11. The Morgan fingerprint density at radius 1 is 1.35 bits per heavy atom. The van der Waals surface area contributed by atoms with E-state index in [2.05, 4.69) is 17.3 Å². The molecule has 2 rings (SSSR count). The lowest BCUT2D eigenvalue weighted by Gasteiger charge is -2.36. The van der Waals surface area contributed by atoms with E-state index in [0.29, 0.717) is 6.04 Å². The Balaban J connectivity index is 1.78. The first-order chi connectivity index (χ1) is 11.1. The first kappa shape index (κ1) is 17.6. The molecule has 0 radical (unpaired) electrons. The molecule has 1 saturated heterocycles. The molecular formula is C17H27N3O3. The second-order valence-electron chi connectivity index (χ2n) is 5.93. The average Bonchev–Trinajstić information content (AvgIpc) is 2.60. The van der Waals surface area contributed by atoms with Crippen molar-refractivity contribution in [1.29, 1.82) is 0 Å². The summed E-state index contributed by atoms with van der Waals surface area (Å²) in [6.45, 7) is 2.65. The molecule has 0 bridgehead atoms. The number of likely N-dealkylation sites (tertiary alicyclic amines) is 1. The molecule has 6 nitrogen and oxygen atoms in total. The lowest BCUT2D eigenvalue weighted by Crippen LogP contribution is -2.47. The van der Waals surface area contributed by atoms with Crippen molar-refractivity contribution >= 4 is 11.7 Å². The summed E-state index contributed by atoms with van der Waals surface area (Å²) in [4.78, 5) is 16.5. The summed E-state index contributed by atoms with van der Waals surface area (Å²) in [5, 5.41) is 11.8. The maximum atomic E-state index is 12.3. The fourth-order valence-electron chi connectivity index (χ4n) is 2.89. The minimum absolute atomic E-state index is 0.0494. The normalized spacial score (nSPS) is 15.7. The Kier molecular flexibility index (Phi) is 6.67. The number of nitrogens with zero attached hydrogens (tertiary/aromatic N) is 2. The van der Waals surface area contributed by atoms with E-state index in [9.17, 15) is 4.79 Å². The summed E-state index contributed by atoms with van der Waals surface area (Å²) in [5.74, 6) is 0.773. The molecule has 0 spiro atoms. The molecule has 6 heteroatoms. The van der Waals surface area contributed by atoms with E-state index in [1.54, 1.807) is 7.11 Å². The van der Waals surface area contributed by atoms with E-state index in [1.165, 1.54) is 0 Å². The number of anilines is 1. The molecule has 2 N–H and O–H groups in total. The van der Waals surface area contributed by atoms with E-state index < -0.39 is 0 Å². The Hall–Kier alpha value is -1.79. The summed E-state index contributed by atoms with van der Waals surface area (Å²) in [7, 11) is 3.71. The number of hydrogen-bond acceptors (Lipinski definition) is 4. The predicted octanol–water partition coefficient (Wildman–Crippen LogP) is 2.01. The number of carbonyl (C=O) groups excluding carboxylic acids is 1. The standard InChI is InChI=1S/C17H27N3O3/c1-19(10-3-13-21)15-8-11-20(12-9-15)17(22)18-14-4-6-16(23-2)7-5-14/h4-7,15,21H,3,8-13H2,1-2H3,(H,18,22). The van der Waals surface area contributed by atoms with Gasteiger partial charge in [-0.3, -0.25) is 0 Å². The van der Waals surface area contributed by atoms with Gasteiger partial charge in [0.25, 0.3) is 0 Å². The largest absolute Gasteiger partial charge is 0.497 e. The van der Waals surface area contributed by atoms with Crippen LogP contribution >= 0.6 is 0 Å². The van der Waals surface area contributed by atoms with Crippen molar-refractivity contribution < 1.29 is 14.6 Å². The van der Waals surface area contributed by atoms with Gasteiger partial charge < -0.3 is 25.0 Å². The second kappa shape index (κ2) is 8.74. The predicted molar refractivity (Wildman–Crippen MR) is 90.9 cm³/mol. The zero-order chi connectivity index (χ0) is 16.7. The van der Waals surface area contributed by atoms with Crippen molar-refractivity contribution in [3.63, 3.8) is 0 Å². The zero-order valence-corrected chi connectivity index (χ0v) is 14.0. The van der Waals surface area contributed by atoms with Gasteiger partial charge in [-0.1, -0.05) is 0 Å². The molecule has 1 aromatic carbocycles. The van der Waals surface area contributed by atoms with Gasteiger partial charge in [-0.2, -0.15) is 0 Å². The molecule has 2 amide bonds. The maximum Gasteiger partial charge on any atom is 0.321 e. The van der Waals surface area contributed by atoms with Crippen LogP contribution in [0.25, 0.3) is 0 Å². The molecule has 1 aromatic rings. The molecule has 1 fully saturated rings. The van der Waals surface area contributed by atoms with Gasteiger partial charge in [0.05, 0.1) is 7.11 Å². The van der Waals surface area contributed by atoms with E-state index >= 15 is 0 Å². The van der Waals surface area contributed by atoms with Gasteiger partial charge in [0, 0.05) is 38.0 Å². The van der Waals surface area contributed by atoms with Crippen LogP contribution in [0.3, 0.4) is 0 Å². The number of urea groups is 1. The molecule has 1 aliphatic rings. The molecular weight excluding hydrogens is 294 g/mol. The van der Waals surface area contributed by atoms with Crippen molar-refractivity contribution in [3.8, 4) is 5.75 Å². The molecule has 0 saturated carbocycles. The van der Waals surface area contributed by atoms with Crippen LogP contribution in [0.2, 0.25) is 0 Å². The first-order valence-electron chi connectivity index (χ1n) is 8.15. The van der Waals surface area contributed by atoms with Crippen LogP contribution < -0.4 is 10.1 Å². The van der Waals surface area contributed by atoms with Crippen LogP contribution in [0.5, 0.6) is 5.75 Å². The zero-order valence-electron chi connectivity index (χ0n) is 14.0. The Morgan fingerprint density at radius 3 is 2.57 bits per heavy atom. The topological polar surface area (TPSA) is 65.0 Å². The van der Waals surface area contributed by atoms with E-state index in [0.717, 1.165) is 50.3 Å². The second-order valence-corrected chi connectivity index (χ2v) is 5.93. The number of nitrogens with one attached hydrogen (secondary N) is 1. The highest BCUT2D eigenvalue weighted by molar-refractivity contribution is 5.89. The van der Waals surface area contributed by atoms with Crippen molar-refractivity contribution in [2.24, 2.45) is 0 Å². The van der Waals surface area contributed by atoms with Crippen molar-refractivity contribution in [3.05, 3.63) is 24.3 Å². The van der Waals surface area contributed by atoms with E-state index in [-0.39, 0.29) is 12.6 Å². The highest BCUT2D eigenvalue weighted by atomic mass is 16.5. The molecule has 0 aromatic heterocycles. The Labute approximate surface area is 138 Å². The molecule has 1 aliphatic heterocycles. The van der Waals surface area contributed by atoms with Crippen LogP contribution in [0.4, 0.5) is 10.5 Å². The number of benzene rings is 1. The number of aliphatic hydroxyl groups excluding tert-OH is 1. The average molecular weight is 321 g/mol. The highest BCUT2D eigenvalue weighted by Crippen LogP contribution is 2.18. The number of carbonyl (C=O) groups is 1. The van der Waals surface area contributed by atoms with Gasteiger partial charge in [0.1, 0.15) is 5.75 Å². The van der Waals surface area contributed by atoms with Crippen LogP contribution in [-0.2, 0) is 0 Å². The van der Waals surface area contributed by atoms with Crippen LogP contribution in [0.1, 0.15) is 19.3 Å². The minimum atomic E-state index is -0.0494. The lowest BCUT2D eigenvalue weighted by molar-refractivity contribution is 0.134. The van der Waals surface area contributed by atoms with Gasteiger partial charge in [0.15, 0.2) is 0 Å². The Morgan fingerprint density at radius 2 is 2.00 bits per heavy atom. The molecule has 0 unspecified atom stereocenters. The summed E-state index contributed by atoms with van der Waals surface area (Å²) in [5.41, 5.74) is 0.776. The van der Waals surface area contributed by atoms with E-state index in [4.69, 9.17) is 9.84 Å². The van der Waals surface area contributed by atoms with Gasteiger partial charge in [0.2, 0.25) is 0 Å². The smallest absolute Gasteiger partial charge is 0.321 e. The van der Waals surface area contributed by atoms with Gasteiger partial charge in [-0.05, 0) is 50.6 Å². The number of hydrogen-bond donors (Lipinski definition) is 2. The third-order valence-electron chi connectivity index (χ3n) is 4.39. The lowest BCUT2D eigenvalue weighted by atomic mass is 10.0. The third-order valence-corrected chi connectivity index (χ3v) is 4.39. The van der Waals surface area contributed by atoms with Crippen molar-refractivity contribution in [2.45, 2.75) is 25.3 Å². The molecule has 128 valence electrons. The van der Waals surface area contributed by atoms with Crippen LogP contribution in [0, 0.1) is 0 Å². The first-order valence-corrected chi connectivity index (χ1v) is 8.15. The summed E-state index contributed by atoms with van der Waals surface area (Å²) >= 11 is 0. The Bertz CT molecular complexity index is 484. The van der Waals surface area contributed by atoms with E-state index in [1.807, 2.05) is 29.2 Å². The molecule has 1 heterocycles. The van der Waals surface area contributed by atoms with Crippen LogP contribution in [-0.4, -0.2) is 67.4 Å². The molecule has 23 heavy (non-hydrogen) atoms. The summed E-state index contributed by atoms with van der Waals surface area (Å²) in [6, 6.07) is 7.78. The fourth-order valence-corrected chi connectivity index (χ4v) is 2.89. The highest BCUT2D eigenvalue weighted by Gasteiger charge is 2.25. The molecule has 0 atom stereocenters. The summed E-state index contributed by atoms with van der Waals surface area (Å²) in [6.07, 6.45) is 2.74. The number of aliphatic hydroxyl groups is 1. The van der Waals surface area contributed by atoms with Crippen molar-refractivity contribution in [2.75, 3.05) is 45.7 Å². The number of ether oxygens (including phenoxy) is 1. The van der Waals surface area contributed by atoms with Gasteiger partial charge in [-0.25, -0.2) is 4.79 Å². The minimum Gasteiger partial charge on any atom is -0.497 e. The quantitative estimate of drug-likeness (QED) is 0.841. The number of piperidine rings is 1. The number of rotatable bonds is 6. The van der Waals surface area contributed by atoms with Gasteiger partial charge in [-0.15, -0.1) is 0 Å². The SMILES string of the molecule is COc1ccc(NC(=O)N2CCC(N(C)CCCO)CC2)cc1. The fraction of sp³-hybridized carbons (Fsp3) is 0.588. The molecule has 0 aliphatic carbocycles. The monoisotopic (exact) mass is 321 g/mol. The van der Waals surface area contributed by atoms with Crippen molar-refractivity contribution in [1.82, 2.24) is 9.80 Å². The van der Waals surface area contributed by atoms with Gasteiger partial charge >= 0.3 is 6.03 Å². The number of methoxy groups -OCH3 is 1. The third kappa shape index (κ3) is 5.11.